The van der Waals surface area contributed by atoms with Crippen molar-refractivity contribution < 1.29 is 106 Å². The van der Waals surface area contributed by atoms with Crippen molar-refractivity contribution in [1.82, 2.24) is 4.90 Å². The number of carboxylic acid groups (broad SMARTS) is 1. The quantitative estimate of drug-likeness (QED) is 0.193. The number of rotatable bonds is 9. The Kier molecular flexibility index (Phi) is 9.60. The summed E-state index contributed by atoms with van der Waals surface area (Å²) in [5.74, 6) is -48.5. The molecule has 0 aromatic heterocycles. The molecule has 0 heterocycles. The lowest BCUT2D eigenvalue weighted by atomic mass is 10.0. The summed E-state index contributed by atoms with van der Waals surface area (Å²) in [6, 6.07) is -27.5. The molecule has 0 atom stereocenters. The Hall–Kier alpha value is -1.34. The van der Waals surface area contributed by atoms with Crippen LogP contribution < -0.4 is 0 Å². The Morgan fingerprint density at radius 2 is 0.649 bits per heavy atom. The zero-order valence-electron chi connectivity index (χ0n) is 15.8. The molecule has 0 rings (SSSR count). The Bertz CT molecular complexity index is 793. The van der Waals surface area contributed by atoms with E-state index in [0.29, 0.717) is 0 Å². The lowest BCUT2D eigenvalue weighted by Gasteiger charge is -2.48. The second-order valence-corrected chi connectivity index (χ2v) is 6.13. The molecule has 0 saturated carbocycles. The molecule has 3 nitrogen and oxygen atoms in total. The number of aliphatic carboxylic acids is 1. The van der Waals surface area contributed by atoms with Gasteiger partial charge < -0.3 is 5.11 Å². The topological polar surface area (TPSA) is 40.5 Å². The number of nitrogens with zero attached hydrogens (tertiary/aromatic N) is 1. The number of alkyl halides is 22. The fraction of sp³-hybridized carbons (Fsp3) is 0.909. The summed E-state index contributed by atoms with van der Waals surface area (Å²) in [5.41, 5.74) is 0. The standard InChI is InChI=1S/C11HF22NO2.Mg/c12-2(13,1(35)36)9(28,29)34(10(30,31)5(18,19)3(14,15)7(22,23)24)11(32,33)6(20,21)4(16,17)8(25,26)27;/h(H,35,36);. The number of hydrogen-bond acceptors (Lipinski definition) is 2. The molecular weight excluding hydrogens is 620 g/mol. The minimum absolute atomic E-state index is 0. The molecular formula is C11HF22MgNO2. The van der Waals surface area contributed by atoms with Crippen molar-refractivity contribution in [2.24, 2.45) is 0 Å². The van der Waals surface area contributed by atoms with Gasteiger partial charge in [0, 0.05) is 23.1 Å². The minimum atomic E-state index is -9.33. The van der Waals surface area contributed by atoms with E-state index in [4.69, 9.17) is 5.11 Å². The molecule has 1 N–H and O–H groups in total. The smallest absolute Gasteiger partial charge is 0.460 e. The van der Waals surface area contributed by atoms with Crippen LogP contribution in [0.2, 0.25) is 0 Å². The molecule has 0 aromatic carbocycles. The average molecular weight is 621 g/mol. The van der Waals surface area contributed by atoms with E-state index in [1.165, 1.54) is 0 Å². The van der Waals surface area contributed by atoms with Crippen molar-refractivity contribution in [2.45, 2.75) is 60.1 Å². The van der Waals surface area contributed by atoms with E-state index >= 15 is 0 Å². The molecule has 0 unspecified atom stereocenters. The van der Waals surface area contributed by atoms with Gasteiger partial charge in [-0.2, -0.15) is 96.6 Å². The Balaban J connectivity index is 0. The predicted octanol–water partition coefficient (Wildman–Crippen LogP) is 6.07. The largest absolute Gasteiger partial charge is 0.477 e. The van der Waals surface area contributed by atoms with Gasteiger partial charge in [-0.1, -0.05) is 0 Å². The summed E-state index contributed by atoms with van der Waals surface area (Å²) in [4.78, 5) is 4.48. The van der Waals surface area contributed by atoms with Crippen LogP contribution in [-0.2, 0) is 4.79 Å². The molecule has 0 saturated heterocycles. The van der Waals surface area contributed by atoms with Crippen LogP contribution in [0.25, 0.3) is 0 Å². The van der Waals surface area contributed by atoms with Crippen LogP contribution in [0.3, 0.4) is 0 Å². The van der Waals surface area contributed by atoms with Gasteiger partial charge in [-0.15, -0.1) is 4.90 Å². The van der Waals surface area contributed by atoms with Crippen molar-refractivity contribution in [3.05, 3.63) is 0 Å². The van der Waals surface area contributed by atoms with Gasteiger partial charge in [0.05, 0.1) is 0 Å². The first-order chi connectivity index (χ1) is 15.1. The van der Waals surface area contributed by atoms with Crippen molar-refractivity contribution >= 4 is 29.0 Å². The highest BCUT2D eigenvalue weighted by Crippen LogP contribution is 2.63. The van der Waals surface area contributed by atoms with Crippen LogP contribution in [0, 0.1) is 0 Å². The van der Waals surface area contributed by atoms with Crippen LogP contribution in [0.1, 0.15) is 0 Å². The molecule has 2 radical (unpaired) electrons. The highest BCUT2D eigenvalue weighted by molar-refractivity contribution is 5.76. The molecule has 0 spiro atoms. The fourth-order valence-electron chi connectivity index (χ4n) is 1.81. The molecule has 0 fully saturated rings. The molecule has 0 aromatic rings. The molecule has 0 aliphatic carbocycles. The average Bonchev–Trinajstić information content (AvgIpc) is 2.57. The number of halogens is 22. The highest BCUT2D eigenvalue weighted by Gasteiger charge is 2.94. The lowest BCUT2D eigenvalue weighted by molar-refractivity contribution is -0.512. The van der Waals surface area contributed by atoms with E-state index in [1.54, 1.807) is 0 Å². The predicted molar refractivity (Wildman–Crippen MR) is 66.9 cm³/mol. The van der Waals surface area contributed by atoms with Gasteiger partial charge in [0.25, 0.3) is 0 Å². The lowest BCUT2D eigenvalue weighted by Crippen LogP contribution is -2.80. The normalized spacial score (nSPS) is 16.1. The van der Waals surface area contributed by atoms with E-state index in [-0.39, 0.29) is 23.1 Å². The maximum absolute atomic E-state index is 13.7. The van der Waals surface area contributed by atoms with E-state index in [1.807, 2.05) is 0 Å². The van der Waals surface area contributed by atoms with Gasteiger partial charge in [-0.05, 0) is 0 Å². The van der Waals surface area contributed by atoms with Crippen molar-refractivity contribution in [2.75, 3.05) is 0 Å². The van der Waals surface area contributed by atoms with Crippen LogP contribution in [0.5, 0.6) is 0 Å². The minimum Gasteiger partial charge on any atom is -0.477 e. The summed E-state index contributed by atoms with van der Waals surface area (Å²) >= 11 is 0. The van der Waals surface area contributed by atoms with Gasteiger partial charge in [-0.3, -0.25) is 0 Å². The molecule has 218 valence electrons. The first kappa shape index (κ1) is 37.8. The second-order valence-electron chi connectivity index (χ2n) is 6.13. The fourth-order valence-corrected chi connectivity index (χ4v) is 1.81. The van der Waals surface area contributed by atoms with Gasteiger partial charge in [0.2, 0.25) is 0 Å². The monoisotopic (exact) mass is 621 g/mol. The SMILES string of the molecule is O=C(O)C(F)(F)C(F)(F)N(C(F)(F)C(F)(F)C(F)(F)C(F)(F)F)C(F)(F)C(F)(F)C(F)(F)C(F)(F)F.[Mg]. The van der Waals surface area contributed by atoms with Crippen LogP contribution in [-0.4, -0.2) is 99.1 Å². The van der Waals surface area contributed by atoms with E-state index in [2.05, 4.69) is 0 Å². The summed E-state index contributed by atoms with van der Waals surface area (Å²) < 4.78 is 285. The van der Waals surface area contributed by atoms with E-state index in [0.717, 1.165) is 0 Å². The molecule has 26 heteroatoms. The van der Waals surface area contributed by atoms with Gasteiger partial charge in [-0.25, -0.2) is 4.79 Å². The Morgan fingerprint density at radius 3 is 0.811 bits per heavy atom. The van der Waals surface area contributed by atoms with E-state index < -0.39 is 71.0 Å². The van der Waals surface area contributed by atoms with E-state index in [9.17, 15) is 101 Å². The highest BCUT2D eigenvalue weighted by atomic mass is 24.3. The van der Waals surface area contributed by atoms with Crippen molar-refractivity contribution in [1.29, 1.82) is 0 Å². The van der Waals surface area contributed by atoms with Crippen LogP contribution in [0.15, 0.2) is 0 Å². The number of carbonyl (C=O) groups is 1. The third-order valence-corrected chi connectivity index (χ3v) is 3.75. The number of hydrogen-bond donors (Lipinski definition) is 1. The maximum atomic E-state index is 13.7. The summed E-state index contributed by atoms with van der Waals surface area (Å²) in [5, 5.41) is 7.76. The molecule has 0 aliphatic heterocycles. The molecule has 0 bridgehead atoms. The maximum Gasteiger partial charge on any atom is 0.460 e. The Labute approximate surface area is 201 Å². The second kappa shape index (κ2) is 9.39. The summed E-state index contributed by atoms with van der Waals surface area (Å²) in [6.45, 7) is 0. The number of carboxylic acids is 1. The van der Waals surface area contributed by atoms with Gasteiger partial charge in [0.15, 0.2) is 0 Å². The third kappa shape index (κ3) is 5.04. The molecule has 0 amide bonds. The Morgan fingerprint density at radius 1 is 0.432 bits per heavy atom. The molecule has 37 heavy (non-hydrogen) atoms. The first-order valence-corrected chi connectivity index (χ1v) is 7.26. The van der Waals surface area contributed by atoms with Crippen molar-refractivity contribution in [3.63, 3.8) is 0 Å². The van der Waals surface area contributed by atoms with Crippen LogP contribution in [0.4, 0.5) is 96.6 Å². The third-order valence-electron chi connectivity index (χ3n) is 3.75. The van der Waals surface area contributed by atoms with Crippen molar-refractivity contribution in [3.8, 4) is 0 Å². The molecule has 0 aliphatic rings. The van der Waals surface area contributed by atoms with Gasteiger partial charge >= 0.3 is 66.1 Å². The summed E-state index contributed by atoms with van der Waals surface area (Å²) in [7, 11) is 0. The zero-order chi connectivity index (χ0) is 30.2. The van der Waals surface area contributed by atoms with Gasteiger partial charge in [0.1, 0.15) is 0 Å². The first-order valence-electron chi connectivity index (χ1n) is 7.26. The summed E-state index contributed by atoms with van der Waals surface area (Å²) in [6.07, 6.45) is -16.4. The van der Waals surface area contributed by atoms with Crippen LogP contribution >= 0.6 is 0 Å². The zero-order valence-corrected chi connectivity index (χ0v) is 17.2.